The van der Waals surface area contributed by atoms with Crippen molar-refractivity contribution in [3.8, 4) is 5.75 Å². The van der Waals surface area contributed by atoms with Gasteiger partial charge in [-0.2, -0.15) is 0 Å². The molecule has 1 unspecified atom stereocenters. The lowest BCUT2D eigenvalue weighted by Crippen LogP contribution is -2.46. The van der Waals surface area contributed by atoms with Crippen molar-refractivity contribution < 1.29 is 14.3 Å². The Bertz CT molecular complexity index is 642. The van der Waals surface area contributed by atoms with Crippen LogP contribution in [0.1, 0.15) is 52.0 Å². The van der Waals surface area contributed by atoms with Crippen molar-refractivity contribution in [3.63, 3.8) is 0 Å². The third-order valence-corrected chi connectivity index (χ3v) is 4.53. The van der Waals surface area contributed by atoms with Crippen molar-refractivity contribution >= 4 is 6.09 Å². The lowest BCUT2D eigenvalue weighted by atomic mass is 9.94. The summed E-state index contributed by atoms with van der Waals surface area (Å²) in [5.74, 6) is 1.06. The molecular weight excluding hydrogens is 326 g/mol. The number of hydrogen-bond donors (Lipinski definition) is 0. The highest BCUT2D eigenvalue weighted by molar-refractivity contribution is 5.68. The zero-order chi connectivity index (χ0) is 19.3. The Morgan fingerprint density at radius 2 is 1.96 bits per heavy atom. The van der Waals surface area contributed by atoms with Crippen molar-refractivity contribution in [1.29, 1.82) is 0 Å². The first-order chi connectivity index (χ1) is 12.2. The number of rotatable bonds is 5. The monoisotopic (exact) mass is 357 g/mol. The van der Waals surface area contributed by atoms with Crippen LogP contribution >= 0.6 is 0 Å². The van der Waals surface area contributed by atoms with Gasteiger partial charge in [0.05, 0.1) is 6.54 Å². The number of allylic oxidation sites excluding steroid dienone is 2. The normalized spacial score (nSPS) is 18.8. The number of nitrogens with zero attached hydrogens (tertiary/aromatic N) is 1. The zero-order valence-corrected chi connectivity index (χ0v) is 16.5. The Balaban J connectivity index is 1.94. The Kier molecular flexibility index (Phi) is 6.52. The molecule has 1 amide bonds. The molecule has 0 saturated carbocycles. The van der Waals surface area contributed by atoms with Gasteiger partial charge in [-0.15, -0.1) is 0 Å². The van der Waals surface area contributed by atoms with E-state index in [4.69, 9.17) is 9.47 Å². The molecule has 0 radical (unpaired) electrons. The van der Waals surface area contributed by atoms with Gasteiger partial charge in [0, 0.05) is 12.5 Å². The number of benzene rings is 1. The van der Waals surface area contributed by atoms with Crippen molar-refractivity contribution in [2.45, 2.75) is 58.2 Å². The van der Waals surface area contributed by atoms with E-state index in [1.807, 2.05) is 32.9 Å². The second kappa shape index (κ2) is 8.43. The highest BCUT2D eigenvalue weighted by Crippen LogP contribution is 2.26. The number of carbonyl (C=O) groups excluding carboxylic acids is 1. The van der Waals surface area contributed by atoms with Gasteiger partial charge in [-0.1, -0.05) is 38.3 Å². The molecule has 4 nitrogen and oxygen atoms in total. The smallest absolute Gasteiger partial charge is 0.410 e. The molecule has 0 bridgehead atoms. The largest absolute Gasteiger partial charge is 0.489 e. The Morgan fingerprint density at radius 3 is 2.54 bits per heavy atom. The van der Waals surface area contributed by atoms with Crippen LogP contribution in [-0.2, 0) is 4.74 Å². The minimum absolute atomic E-state index is 0.0114. The van der Waals surface area contributed by atoms with E-state index in [9.17, 15) is 4.79 Å². The number of carbonyl (C=O) groups is 1. The predicted molar refractivity (Wildman–Crippen MR) is 106 cm³/mol. The first-order valence-electron chi connectivity index (χ1n) is 9.25. The third kappa shape index (κ3) is 5.65. The van der Waals surface area contributed by atoms with Crippen molar-refractivity contribution in [3.05, 3.63) is 54.6 Å². The van der Waals surface area contributed by atoms with Gasteiger partial charge in [0.25, 0.3) is 0 Å². The van der Waals surface area contributed by atoms with E-state index in [1.165, 1.54) is 5.56 Å². The standard InChI is InChI=1S/C22H31NO3/c1-7-16(2)17(3)18-10-12-19(13-11-18)25-20-9-8-14-23(15-20)21(24)26-22(4,5)6/h7,10-13,17,20H,1-2,8-9,14-15H2,3-6H3/t17-,20?/m0/s1. The molecule has 1 saturated heterocycles. The van der Waals surface area contributed by atoms with Crippen LogP contribution in [0.2, 0.25) is 0 Å². The molecule has 1 aromatic rings. The van der Waals surface area contributed by atoms with Crippen molar-refractivity contribution in [2.75, 3.05) is 13.1 Å². The quantitative estimate of drug-likeness (QED) is 0.670. The van der Waals surface area contributed by atoms with Crippen LogP contribution in [0.15, 0.2) is 49.1 Å². The van der Waals surface area contributed by atoms with Gasteiger partial charge in [-0.3, -0.25) is 0 Å². The average molecular weight is 357 g/mol. The number of ether oxygens (including phenoxy) is 2. The van der Waals surface area contributed by atoms with Crippen LogP contribution < -0.4 is 4.74 Å². The SMILES string of the molecule is C=CC(=C)[C@H](C)c1ccc(OC2CCCN(C(=O)OC(C)(C)C)C2)cc1. The summed E-state index contributed by atoms with van der Waals surface area (Å²) in [6, 6.07) is 8.08. The summed E-state index contributed by atoms with van der Waals surface area (Å²) in [4.78, 5) is 14.0. The summed E-state index contributed by atoms with van der Waals surface area (Å²) in [5, 5.41) is 0. The maximum Gasteiger partial charge on any atom is 0.410 e. The molecule has 0 spiro atoms. The van der Waals surface area contributed by atoms with Gasteiger partial charge in [0.1, 0.15) is 17.5 Å². The van der Waals surface area contributed by atoms with Crippen LogP contribution in [0.5, 0.6) is 5.75 Å². The molecule has 2 atom stereocenters. The van der Waals surface area contributed by atoms with E-state index in [0.717, 1.165) is 30.7 Å². The number of hydrogen-bond acceptors (Lipinski definition) is 3. The number of likely N-dealkylation sites (tertiary alicyclic amines) is 1. The summed E-state index contributed by atoms with van der Waals surface area (Å²) in [6.07, 6.45) is 3.37. The molecule has 142 valence electrons. The molecule has 26 heavy (non-hydrogen) atoms. The van der Waals surface area contributed by atoms with Crippen molar-refractivity contribution in [1.82, 2.24) is 4.90 Å². The summed E-state index contributed by atoms with van der Waals surface area (Å²) >= 11 is 0. The van der Waals surface area contributed by atoms with Gasteiger partial charge in [0.2, 0.25) is 0 Å². The highest BCUT2D eigenvalue weighted by atomic mass is 16.6. The number of amides is 1. The van der Waals surface area contributed by atoms with Gasteiger partial charge >= 0.3 is 6.09 Å². The second-order valence-corrected chi connectivity index (χ2v) is 7.88. The zero-order valence-electron chi connectivity index (χ0n) is 16.5. The Morgan fingerprint density at radius 1 is 1.31 bits per heavy atom. The molecule has 1 aliphatic heterocycles. The third-order valence-electron chi connectivity index (χ3n) is 4.53. The van der Waals surface area contributed by atoms with Gasteiger partial charge in [-0.25, -0.2) is 4.79 Å². The molecule has 2 rings (SSSR count). The predicted octanol–water partition coefficient (Wildman–Crippen LogP) is 5.31. The van der Waals surface area contributed by atoms with E-state index >= 15 is 0 Å². The maximum atomic E-state index is 12.3. The molecule has 0 N–H and O–H groups in total. The van der Waals surface area contributed by atoms with Crippen LogP contribution in [-0.4, -0.2) is 35.8 Å². The van der Waals surface area contributed by atoms with Crippen LogP contribution in [0, 0.1) is 0 Å². The van der Waals surface area contributed by atoms with Gasteiger partial charge in [0.15, 0.2) is 0 Å². The molecular formula is C22H31NO3. The van der Waals surface area contributed by atoms with Gasteiger partial charge < -0.3 is 14.4 Å². The van der Waals surface area contributed by atoms with Crippen LogP contribution in [0.3, 0.4) is 0 Å². The Labute approximate surface area is 157 Å². The summed E-state index contributed by atoms with van der Waals surface area (Å²) in [6.45, 7) is 16.8. The minimum Gasteiger partial charge on any atom is -0.489 e. The topological polar surface area (TPSA) is 38.8 Å². The molecule has 1 aliphatic rings. The maximum absolute atomic E-state index is 12.3. The lowest BCUT2D eigenvalue weighted by Gasteiger charge is -2.34. The number of piperidine rings is 1. The van der Waals surface area contributed by atoms with E-state index in [2.05, 4.69) is 32.2 Å². The van der Waals surface area contributed by atoms with Crippen molar-refractivity contribution in [2.24, 2.45) is 0 Å². The molecule has 0 aromatic heterocycles. The fourth-order valence-electron chi connectivity index (χ4n) is 2.95. The fraction of sp³-hybridized carbons (Fsp3) is 0.500. The van der Waals surface area contributed by atoms with Crippen LogP contribution in [0.4, 0.5) is 4.79 Å². The molecule has 1 heterocycles. The summed E-state index contributed by atoms with van der Waals surface area (Å²) in [7, 11) is 0. The van der Waals surface area contributed by atoms with Gasteiger partial charge in [-0.05, 0) is 56.9 Å². The lowest BCUT2D eigenvalue weighted by molar-refractivity contribution is 0.00776. The first kappa shape index (κ1) is 20.1. The minimum atomic E-state index is -0.479. The van der Waals surface area contributed by atoms with E-state index in [0.29, 0.717) is 6.54 Å². The molecule has 1 fully saturated rings. The molecule has 0 aliphatic carbocycles. The molecule has 4 heteroatoms. The summed E-state index contributed by atoms with van der Waals surface area (Å²) < 4.78 is 11.6. The van der Waals surface area contributed by atoms with E-state index in [1.54, 1.807) is 11.0 Å². The second-order valence-electron chi connectivity index (χ2n) is 7.88. The first-order valence-corrected chi connectivity index (χ1v) is 9.25. The highest BCUT2D eigenvalue weighted by Gasteiger charge is 2.28. The fourth-order valence-corrected chi connectivity index (χ4v) is 2.95. The van der Waals surface area contributed by atoms with E-state index < -0.39 is 5.60 Å². The molecule has 1 aromatic carbocycles. The summed E-state index contributed by atoms with van der Waals surface area (Å²) in [5.41, 5.74) is 1.70. The average Bonchev–Trinajstić information content (AvgIpc) is 2.60. The Hall–Kier alpha value is -2.23. The van der Waals surface area contributed by atoms with Crippen LogP contribution in [0.25, 0.3) is 0 Å². The van der Waals surface area contributed by atoms with E-state index in [-0.39, 0.29) is 18.1 Å².